The Morgan fingerprint density at radius 2 is 2.19 bits per heavy atom. The smallest absolute Gasteiger partial charge is 0.334 e. The number of carbonyl (C=O) groups is 2. The summed E-state index contributed by atoms with van der Waals surface area (Å²) in [5.74, 6) is 5.52. The highest BCUT2D eigenvalue weighted by Gasteiger charge is 2.32. The van der Waals surface area contributed by atoms with Gasteiger partial charge in [0.2, 0.25) is 5.91 Å². The number of carbonyl (C=O) groups excluding carboxylic acids is 2. The number of amides is 3. The summed E-state index contributed by atoms with van der Waals surface area (Å²) < 4.78 is 0. The van der Waals surface area contributed by atoms with E-state index >= 15 is 0 Å². The zero-order chi connectivity index (χ0) is 11.7. The molecule has 1 aliphatic carbocycles. The molecule has 6 heteroatoms. The van der Waals surface area contributed by atoms with Gasteiger partial charge in [0.05, 0.1) is 0 Å². The van der Waals surface area contributed by atoms with E-state index in [1.165, 1.54) is 9.91 Å². The van der Waals surface area contributed by atoms with Gasteiger partial charge < -0.3 is 9.80 Å². The first-order valence-corrected chi connectivity index (χ1v) is 5.66. The molecular formula is C10H18N4O2. The van der Waals surface area contributed by atoms with E-state index in [1.807, 2.05) is 0 Å². The molecule has 0 aromatic carbocycles. The van der Waals surface area contributed by atoms with E-state index in [0.717, 1.165) is 19.3 Å². The summed E-state index contributed by atoms with van der Waals surface area (Å²) in [6, 6.07) is 0.144. The summed E-state index contributed by atoms with van der Waals surface area (Å²) in [5.41, 5.74) is 0. The Bertz CT molecular complexity index is 303. The summed E-state index contributed by atoms with van der Waals surface area (Å²) in [4.78, 5) is 26.7. The average molecular weight is 226 g/mol. The van der Waals surface area contributed by atoms with Gasteiger partial charge in [0.15, 0.2) is 0 Å². The van der Waals surface area contributed by atoms with Crippen LogP contribution >= 0.6 is 0 Å². The minimum atomic E-state index is -0.246. The van der Waals surface area contributed by atoms with Crippen molar-refractivity contribution in [1.82, 2.24) is 14.8 Å². The van der Waals surface area contributed by atoms with Crippen molar-refractivity contribution in [3.05, 3.63) is 0 Å². The van der Waals surface area contributed by atoms with Crippen molar-refractivity contribution < 1.29 is 9.59 Å². The zero-order valence-corrected chi connectivity index (χ0v) is 9.56. The normalized spacial score (nSPS) is 21.2. The van der Waals surface area contributed by atoms with Crippen LogP contribution in [0.1, 0.15) is 19.3 Å². The monoisotopic (exact) mass is 226 g/mol. The third-order valence-electron chi connectivity index (χ3n) is 3.16. The lowest BCUT2D eigenvalue weighted by atomic mass is 10.3. The number of hydrogen-bond donors (Lipinski definition) is 1. The lowest BCUT2D eigenvalue weighted by Gasteiger charge is -2.33. The lowest BCUT2D eigenvalue weighted by Crippen LogP contribution is -2.54. The minimum absolute atomic E-state index is 0.00569. The van der Waals surface area contributed by atoms with Crippen LogP contribution in [0.25, 0.3) is 0 Å². The molecule has 0 spiro atoms. The molecule has 16 heavy (non-hydrogen) atoms. The van der Waals surface area contributed by atoms with Crippen molar-refractivity contribution >= 4 is 11.9 Å². The topological polar surface area (TPSA) is 69.9 Å². The number of nitrogens with zero attached hydrogens (tertiary/aromatic N) is 3. The Morgan fingerprint density at radius 3 is 2.81 bits per heavy atom. The Morgan fingerprint density at radius 1 is 1.50 bits per heavy atom. The third-order valence-corrected chi connectivity index (χ3v) is 3.16. The molecule has 0 atom stereocenters. The lowest BCUT2D eigenvalue weighted by molar-refractivity contribution is -0.131. The SMILES string of the molecule is CN(C(=O)CN1CCCN(N)C1=O)C1CC1. The van der Waals surface area contributed by atoms with Crippen LogP contribution in [-0.2, 0) is 4.79 Å². The van der Waals surface area contributed by atoms with Crippen molar-refractivity contribution in [2.24, 2.45) is 5.84 Å². The third kappa shape index (κ3) is 2.27. The van der Waals surface area contributed by atoms with E-state index in [2.05, 4.69) is 0 Å². The Labute approximate surface area is 94.9 Å². The molecule has 2 fully saturated rings. The van der Waals surface area contributed by atoms with Crippen LogP contribution in [0.15, 0.2) is 0 Å². The first kappa shape index (κ1) is 11.2. The van der Waals surface area contributed by atoms with Gasteiger partial charge in [-0.15, -0.1) is 0 Å². The van der Waals surface area contributed by atoms with Gasteiger partial charge in [-0.25, -0.2) is 10.6 Å². The van der Waals surface area contributed by atoms with Gasteiger partial charge >= 0.3 is 6.03 Å². The molecule has 0 bridgehead atoms. The second kappa shape index (κ2) is 4.29. The predicted molar refractivity (Wildman–Crippen MR) is 58.3 cm³/mol. The van der Waals surface area contributed by atoms with E-state index in [-0.39, 0.29) is 18.5 Å². The molecule has 1 saturated heterocycles. The molecule has 1 aliphatic heterocycles. The van der Waals surface area contributed by atoms with Gasteiger partial charge in [-0.1, -0.05) is 0 Å². The molecule has 0 aromatic heterocycles. The molecule has 0 aromatic rings. The number of urea groups is 1. The van der Waals surface area contributed by atoms with Crippen molar-refractivity contribution in [2.45, 2.75) is 25.3 Å². The molecule has 6 nitrogen and oxygen atoms in total. The second-order valence-corrected chi connectivity index (χ2v) is 4.49. The highest BCUT2D eigenvalue weighted by Crippen LogP contribution is 2.25. The molecular weight excluding hydrogens is 208 g/mol. The van der Waals surface area contributed by atoms with Crippen molar-refractivity contribution in [3.8, 4) is 0 Å². The Hall–Kier alpha value is -1.30. The summed E-state index contributed by atoms with van der Waals surface area (Å²) >= 11 is 0. The van der Waals surface area contributed by atoms with E-state index < -0.39 is 0 Å². The fraction of sp³-hybridized carbons (Fsp3) is 0.800. The van der Waals surface area contributed by atoms with Crippen molar-refractivity contribution in [2.75, 3.05) is 26.7 Å². The maximum absolute atomic E-state index is 11.8. The second-order valence-electron chi connectivity index (χ2n) is 4.49. The van der Waals surface area contributed by atoms with Gasteiger partial charge in [0.25, 0.3) is 0 Å². The van der Waals surface area contributed by atoms with Crippen molar-refractivity contribution in [3.63, 3.8) is 0 Å². The average Bonchev–Trinajstić information content (AvgIpc) is 3.07. The van der Waals surface area contributed by atoms with Gasteiger partial charge in [0.1, 0.15) is 6.54 Å². The fourth-order valence-electron chi connectivity index (χ4n) is 1.89. The molecule has 0 radical (unpaired) electrons. The predicted octanol–water partition coefficient (Wildman–Crippen LogP) is -0.391. The Balaban J connectivity index is 1.87. The van der Waals surface area contributed by atoms with E-state index in [1.54, 1.807) is 11.9 Å². The largest absolute Gasteiger partial charge is 0.341 e. The maximum atomic E-state index is 11.8. The number of rotatable bonds is 3. The first-order valence-electron chi connectivity index (χ1n) is 5.66. The molecule has 1 heterocycles. The van der Waals surface area contributed by atoms with Crippen LogP contribution in [-0.4, -0.2) is 59.5 Å². The molecule has 0 unspecified atom stereocenters. The van der Waals surface area contributed by atoms with Crippen LogP contribution in [0.2, 0.25) is 0 Å². The van der Waals surface area contributed by atoms with Crippen LogP contribution in [0.3, 0.4) is 0 Å². The molecule has 3 amide bonds. The molecule has 1 saturated carbocycles. The highest BCUT2D eigenvalue weighted by atomic mass is 16.2. The molecule has 2 rings (SSSR count). The van der Waals surface area contributed by atoms with Crippen molar-refractivity contribution in [1.29, 1.82) is 0 Å². The van der Waals surface area contributed by atoms with E-state index in [9.17, 15) is 9.59 Å². The minimum Gasteiger partial charge on any atom is -0.341 e. The molecule has 2 N–H and O–H groups in total. The van der Waals surface area contributed by atoms with Gasteiger partial charge in [-0.05, 0) is 19.3 Å². The number of likely N-dealkylation sites (N-methyl/N-ethyl adjacent to an activating group) is 1. The van der Waals surface area contributed by atoms with Crippen LogP contribution in [0.4, 0.5) is 4.79 Å². The number of nitrogens with two attached hydrogens (primary N) is 1. The van der Waals surface area contributed by atoms with E-state index in [4.69, 9.17) is 5.84 Å². The molecule has 2 aliphatic rings. The molecule has 90 valence electrons. The zero-order valence-electron chi connectivity index (χ0n) is 9.56. The maximum Gasteiger partial charge on any atom is 0.334 e. The summed E-state index contributed by atoms with van der Waals surface area (Å²) in [6.07, 6.45) is 2.99. The van der Waals surface area contributed by atoms with E-state index in [0.29, 0.717) is 19.1 Å². The summed E-state index contributed by atoms with van der Waals surface area (Å²) in [5, 5.41) is 1.17. The number of hydrogen-bond acceptors (Lipinski definition) is 3. The standard InChI is InChI=1S/C10H18N4O2/c1-12(8-3-4-8)9(15)7-13-5-2-6-14(11)10(13)16/h8H,2-7,11H2,1H3. The highest BCUT2D eigenvalue weighted by molar-refractivity contribution is 5.84. The first-order chi connectivity index (χ1) is 7.59. The summed E-state index contributed by atoms with van der Waals surface area (Å²) in [7, 11) is 1.80. The van der Waals surface area contributed by atoms with Crippen LogP contribution in [0, 0.1) is 0 Å². The van der Waals surface area contributed by atoms with Crippen LogP contribution < -0.4 is 5.84 Å². The number of hydrazine groups is 1. The van der Waals surface area contributed by atoms with Gasteiger partial charge in [-0.2, -0.15) is 0 Å². The fourth-order valence-corrected chi connectivity index (χ4v) is 1.89. The Kier molecular flexibility index (Phi) is 3.00. The van der Waals surface area contributed by atoms with Gasteiger partial charge in [-0.3, -0.25) is 9.80 Å². The van der Waals surface area contributed by atoms with Crippen LogP contribution in [0.5, 0.6) is 0 Å². The van der Waals surface area contributed by atoms with Gasteiger partial charge in [0, 0.05) is 26.2 Å². The quantitative estimate of drug-likeness (QED) is 0.526. The summed E-state index contributed by atoms with van der Waals surface area (Å²) in [6.45, 7) is 1.35.